The van der Waals surface area contributed by atoms with E-state index >= 15 is 0 Å². The van der Waals surface area contributed by atoms with Gasteiger partial charge < -0.3 is 0 Å². The number of rotatable bonds is 2. The minimum Gasteiger partial charge on any atom is -0.205 e. The summed E-state index contributed by atoms with van der Waals surface area (Å²) < 4.78 is 14.2. The predicted molar refractivity (Wildman–Crippen MR) is 81.7 cm³/mol. The van der Waals surface area contributed by atoms with Gasteiger partial charge in [-0.05, 0) is 59.9 Å². The van der Waals surface area contributed by atoms with E-state index in [0.29, 0.717) is 5.92 Å². The average molecular weight is 279 g/mol. The zero-order chi connectivity index (χ0) is 14.8. The molecule has 0 spiro atoms. The van der Waals surface area contributed by atoms with Gasteiger partial charge in [0.2, 0.25) is 0 Å². The van der Waals surface area contributed by atoms with E-state index in [1.807, 2.05) is 12.1 Å². The van der Waals surface area contributed by atoms with Crippen LogP contribution >= 0.6 is 0 Å². The molecule has 0 fully saturated rings. The maximum atomic E-state index is 14.2. The van der Waals surface area contributed by atoms with E-state index in [-0.39, 0.29) is 11.4 Å². The Hall–Kier alpha value is -2.14. The Kier molecular flexibility index (Phi) is 3.75. The third-order valence-corrected chi connectivity index (χ3v) is 4.53. The molecule has 3 rings (SSSR count). The molecule has 0 saturated heterocycles. The van der Waals surface area contributed by atoms with Gasteiger partial charge >= 0.3 is 0 Å². The molecule has 1 atom stereocenters. The van der Waals surface area contributed by atoms with Crippen molar-refractivity contribution in [1.29, 1.82) is 5.26 Å². The summed E-state index contributed by atoms with van der Waals surface area (Å²) in [6.45, 7) is 2.15. The van der Waals surface area contributed by atoms with E-state index in [9.17, 15) is 4.39 Å². The molecule has 0 heterocycles. The lowest BCUT2D eigenvalue weighted by molar-refractivity contribution is 0.539. The number of fused-ring (bicyclic) bond motifs is 1. The lowest BCUT2D eigenvalue weighted by Gasteiger charge is -2.25. The van der Waals surface area contributed by atoms with E-state index in [1.165, 1.54) is 11.1 Å². The zero-order valence-corrected chi connectivity index (χ0v) is 12.2. The SMILES string of the molecule is CCc1ccc(C2CCc3c(ccc(C#N)c3F)C2)cc1. The fraction of sp³-hybridized carbons (Fsp3) is 0.316. The van der Waals surface area contributed by atoms with Crippen LogP contribution in [0.3, 0.4) is 0 Å². The van der Waals surface area contributed by atoms with E-state index in [2.05, 4.69) is 31.2 Å². The predicted octanol–water partition coefficient (Wildman–Crippen LogP) is 4.53. The molecule has 0 bridgehead atoms. The van der Waals surface area contributed by atoms with Crippen LogP contribution in [0, 0.1) is 17.1 Å². The summed E-state index contributed by atoms with van der Waals surface area (Å²) >= 11 is 0. The molecule has 2 aromatic carbocycles. The summed E-state index contributed by atoms with van der Waals surface area (Å²) in [5.41, 5.74) is 4.65. The van der Waals surface area contributed by atoms with Crippen molar-refractivity contribution >= 4 is 0 Å². The molecule has 0 aromatic heterocycles. The van der Waals surface area contributed by atoms with Gasteiger partial charge in [-0.1, -0.05) is 37.3 Å². The highest BCUT2D eigenvalue weighted by Crippen LogP contribution is 2.34. The van der Waals surface area contributed by atoms with Gasteiger partial charge in [0.15, 0.2) is 0 Å². The summed E-state index contributed by atoms with van der Waals surface area (Å²) in [5, 5.41) is 8.91. The van der Waals surface area contributed by atoms with Gasteiger partial charge in [0.05, 0.1) is 5.56 Å². The molecule has 1 aliphatic rings. The lowest BCUT2D eigenvalue weighted by atomic mass is 9.79. The number of hydrogen-bond acceptors (Lipinski definition) is 1. The normalized spacial score (nSPS) is 17.1. The second kappa shape index (κ2) is 5.69. The fourth-order valence-corrected chi connectivity index (χ4v) is 3.21. The molecule has 0 radical (unpaired) electrons. The van der Waals surface area contributed by atoms with Gasteiger partial charge in [-0.3, -0.25) is 0 Å². The molecular weight excluding hydrogens is 261 g/mol. The molecule has 2 aromatic rings. The Morgan fingerprint density at radius 2 is 1.95 bits per heavy atom. The van der Waals surface area contributed by atoms with Gasteiger partial charge in [-0.15, -0.1) is 0 Å². The lowest BCUT2D eigenvalue weighted by Crippen LogP contribution is -2.15. The highest BCUT2D eigenvalue weighted by molar-refractivity contribution is 5.43. The molecular formula is C19H18FN. The Morgan fingerprint density at radius 3 is 2.62 bits per heavy atom. The van der Waals surface area contributed by atoms with Crippen molar-refractivity contribution in [2.45, 2.75) is 38.5 Å². The maximum absolute atomic E-state index is 14.2. The number of benzene rings is 2. The van der Waals surface area contributed by atoms with E-state index < -0.39 is 0 Å². The Bertz CT molecular complexity index is 695. The van der Waals surface area contributed by atoms with Gasteiger partial charge in [0.25, 0.3) is 0 Å². The van der Waals surface area contributed by atoms with Crippen molar-refractivity contribution in [2.24, 2.45) is 0 Å². The van der Waals surface area contributed by atoms with Crippen LogP contribution in [0.1, 0.15) is 47.1 Å². The first-order chi connectivity index (χ1) is 10.2. The van der Waals surface area contributed by atoms with Gasteiger partial charge in [0.1, 0.15) is 11.9 Å². The van der Waals surface area contributed by atoms with Crippen molar-refractivity contribution < 1.29 is 4.39 Å². The standard InChI is InChI=1S/C19H18FN/c1-2-13-3-5-14(6-4-13)15-9-10-18-16(11-15)7-8-17(12-21)19(18)20/h3-8,15H,2,9-11H2,1H3. The largest absolute Gasteiger partial charge is 0.205 e. The van der Waals surface area contributed by atoms with Crippen LogP contribution in [0.5, 0.6) is 0 Å². The van der Waals surface area contributed by atoms with E-state index in [0.717, 1.165) is 36.8 Å². The van der Waals surface area contributed by atoms with Crippen molar-refractivity contribution in [3.05, 3.63) is 70.0 Å². The summed E-state index contributed by atoms with van der Waals surface area (Å²) in [6.07, 6.45) is 3.58. The minimum atomic E-state index is -0.310. The molecule has 106 valence electrons. The molecule has 0 saturated carbocycles. The van der Waals surface area contributed by atoms with Crippen LogP contribution in [0.15, 0.2) is 36.4 Å². The topological polar surface area (TPSA) is 23.8 Å². The van der Waals surface area contributed by atoms with Gasteiger partial charge in [0, 0.05) is 0 Å². The molecule has 2 heteroatoms. The molecule has 0 aliphatic heterocycles. The van der Waals surface area contributed by atoms with Crippen molar-refractivity contribution in [3.8, 4) is 6.07 Å². The van der Waals surface area contributed by atoms with Crippen molar-refractivity contribution in [1.82, 2.24) is 0 Å². The van der Waals surface area contributed by atoms with Gasteiger partial charge in [-0.25, -0.2) is 4.39 Å². The first-order valence-corrected chi connectivity index (χ1v) is 7.52. The van der Waals surface area contributed by atoms with Crippen LogP contribution in [0.2, 0.25) is 0 Å². The molecule has 1 unspecified atom stereocenters. The molecule has 21 heavy (non-hydrogen) atoms. The number of nitriles is 1. The number of nitrogens with zero attached hydrogens (tertiary/aromatic N) is 1. The van der Waals surface area contributed by atoms with Crippen LogP contribution in [-0.2, 0) is 19.3 Å². The number of hydrogen-bond donors (Lipinski definition) is 0. The summed E-state index contributed by atoms with van der Waals surface area (Å²) in [6, 6.07) is 14.2. The van der Waals surface area contributed by atoms with Crippen LogP contribution in [0.25, 0.3) is 0 Å². The summed E-state index contributed by atoms with van der Waals surface area (Å²) in [4.78, 5) is 0. The molecule has 1 aliphatic carbocycles. The molecule has 1 nitrogen and oxygen atoms in total. The first kappa shape index (κ1) is 13.8. The smallest absolute Gasteiger partial charge is 0.144 e. The monoisotopic (exact) mass is 279 g/mol. The van der Waals surface area contributed by atoms with Crippen molar-refractivity contribution in [3.63, 3.8) is 0 Å². The quantitative estimate of drug-likeness (QED) is 0.792. The third kappa shape index (κ3) is 2.56. The molecule has 0 N–H and O–H groups in total. The Balaban J connectivity index is 1.87. The second-order valence-corrected chi connectivity index (χ2v) is 5.71. The maximum Gasteiger partial charge on any atom is 0.144 e. The number of halogens is 1. The third-order valence-electron chi connectivity index (χ3n) is 4.53. The summed E-state index contributed by atoms with van der Waals surface area (Å²) in [5.74, 6) is 0.144. The van der Waals surface area contributed by atoms with Crippen molar-refractivity contribution in [2.75, 3.05) is 0 Å². The Labute approximate surface area is 125 Å². The number of aryl methyl sites for hydroxylation is 1. The van der Waals surface area contributed by atoms with Gasteiger partial charge in [-0.2, -0.15) is 5.26 Å². The second-order valence-electron chi connectivity index (χ2n) is 5.71. The fourth-order valence-electron chi connectivity index (χ4n) is 3.21. The van der Waals surface area contributed by atoms with Crippen LogP contribution in [0.4, 0.5) is 4.39 Å². The van der Waals surface area contributed by atoms with E-state index in [1.54, 1.807) is 6.07 Å². The highest BCUT2D eigenvalue weighted by Gasteiger charge is 2.23. The first-order valence-electron chi connectivity index (χ1n) is 7.52. The highest BCUT2D eigenvalue weighted by atomic mass is 19.1. The van der Waals surface area contributed by atoms with Crippen LogP contribution < -0.4 is 0 Å². The molecule has 0 amide bonds. The average Bonchev–Trinajstić information content (AvgIpc) is 2.55. The van der Waals surface area contributed by atoms with Crippen LogP contribution in [-0.4, -0.2) is 0 Å². The minimum absolute atomic E-state index is 0.166. The zero-order valence-electron chi connectivity index (χ0n) is 12.2. The van der Waals surface area contributed by atoms with E-state index in [4.69, 9.17) is 5.26 Å². The Morgan fingerprint density at radius 1 is 1.19 bits per heavy atom. The summed E-state index contributed by atoms with van der Waals surface area (Å²) in [7, 11) is 0.